The van der Waals surface area contributed by atoms with E-state index in [0.29, 0.717) is 23.3 Å². The van der Waals surface area contributed by atoms with Crippen molar-refractivity contribution in [2.75, 3.05) is 0 Å². The highest BCUT2D eigenvalue weighted by Crippen LogP contribution is 2.60. The Bertz CT molecular complexity index is 629. The quantitative estimate of drug-likeness (QED) is 0.615. The number of carbonyl (C=O) groups excluding carboxylic acids is 2. The summed E-state index contributed by atoms with van der Waals surface area (Å²) in [7, 11) is 0. The minimum absolute atomic E-state index is 0.190. The summed E-state index contributed by atoms with van der Waals surface area (Å²) in [6.45, 7) is 1.62. The van der Waals surface area contributed by atoms with E-state index in [1.807, 2.05) is 0 Å². The molecule has 0 saturated heterocycles. The third kappa shape index (κ3) is 2.66. The first-order valence-electron chi connectivity index (χ1n) is 8.96. The van der Waals surface area contributed by atoms with Crippen molar-refractivity contribution >= 4 is 11.8 Å². The average molecular weight is 330 g/mol. The van der Waals surface area contributed by atoms with Crippen LogP contribution in [0.4, 0.5) is 4.39 Å². The van der Waals surface area contributed by atoms with Crippen LogP contribution >= 0.6 is 0 Å². The topological polar surface area (TPSA) is 43.4 Å². The second-order valence-electron chi connectivity index (χ2n) is 8.12. The van der Waals surface area contributed by atoms with Crippen molar-refractivity contribution in [3.05, 3.63) is 35.6 Å². The number of hydrogen-bond donors (Lipinski definition) is 0. The van der Waals surface area contributed by atoms with Gasteiger partial charge in [-0.3, -0.25) is 9.59 Å². The van der Waals surface area contributed by atoms with Crippen molar-refractivity contribution in [1.29, 1.82) is 0 Å². The lowest BCUT2D eigenvalue weighted by Crippen LogP contribution is -2.51. The molecular weight excluding hydrogens is 307 g/mol. The van der Waals surface area contributed by atoms with Crippen LogP contribution in [0.15, 0.2) is 24.3 Å². The molecule has 4 aliphatic carbocycles. The molecule has 4 bridgehead atoms. The molecule has 0 radical (unpaired) electrons. The number of esters is 1. The van der Waals surface area contributed by atoms with Gasteiger partial charge in [-0.2, -0.15) is 0 Å². The first-order chi connectivity index (χ1) is 11.4. The van der Waals surface area contributed by atoms with Gasteiger partial charge in [0.15, 0.2) is 6.10 Å². The van der Waals surface area contributed by atoms with Crippen molar-refractivity contribution in [3.63, 3.8) is 0 Å². The van der Waals surface area contributed by atoms with E-state index in [0.717, 1.165) is 19.3 Å². The Morgan fingerprint density at radius 2 is 1.54 bits per heavy atom. The summed E-state index contributed by atoms with van der Waals surface area (Å²) in [5.74, 6) is 1.13. The van der Waals surface area contributed by atoms with E-state index < -0.39 is 6.10 Å². The van der Waals surface area contributed by atoms with Crippen LogP contribution < -0.4 is 0 Å². The first-order valence-corrected chi connectivity index (χ1v) is 8.96. The summed E-state index contributed by atoms with van der Waals surface area (Å²) in [4.78, 5) is 25.3. The normalized spacial score (nSPS) is 34.8. The summed E-state index contributed by atoms with van der Waals surface area (Å²) >= 11 is 0. The third-order valence-corrected chi connectivity index (χ3v) is 6.25. The van der Waals surface area contributed by atoms with E-state index in [1.165, 1.54) is 43.5 Å². The third-order valence-electron chi connectivity index (χ3n) is 6.25. The molecule has 0 unspecified atom stereocenters. The highest BCUT2D eigenvalue weighted by atomic mass is 19.1. The van der Waals surface area contributed by atoms with Crippen LogP contribution in [-0.2, 0) is 9.53 Å². The van der Waals surface area contributed by atoms with E-state index in [2.05, 4.69) is 0 Å². The number of benzene rings is 1. The minimum atomic E-state index is -0.823. The van der Waals surface area contributed by atoms with E-state index in [9.17, 15) is 14.0 Å². The molecule has 0 amide bonds. The van der Waals surface area contributed by atoms with Gasteiger partial charge >= 0.3 is 5.97 Å². The number of ketones is 1. The van der Waals surface area contributed by atoms with Gasteiger partial charge in [-0.05, 0) is 87.5 Å². The van der Waals surface area contributed by atoms with Gasteiger partial charge in [-0.15, -0.1) is 0 Å². The maximum Gasteiger partial charge on any atom is 0.312 e. The number of hydrogen-bond acceptors (Lipinski definition) is 3. The van der Waals surface area contributed by atoms with Gasteiger partial charge in [-0.25, -0.2) is 4.39 Å². The fraction of sp³-hybridized carbons (Fsp3) is 0.600. The molecule has 0 aromatic heterocycles. The average Bonchev–Trinajstić information content (AvgIpc) is 2.53. The van der Waals surface area contributed by atoms with Crippen molar-refractivity contribution in [2.24, 2.45) is 23.2 Å². The Morgan fingerprint density at radius 3 is 2.04 bits per heavy atom. The predicted molar refractivity (Wildman–Crippen MR) is 86.9 cm³/mol. The molecule has 4 aliphatic rings. The summed E-state index contributed by atoms with van der Waals surface area (Å²) < 4.78 is 18.6. The number of carbonyl (C=O) groups is 2. The molecule has 1 aromatic rings. The maximum absolute atomic E-state index is 13.0. The van der Waals surface area contributed by atoms with Crippen LogP contribution in [-0.4, -0.2) is 17.9 Å². The molecule has 1 aromatic carbocycles. The highest BCUT2D eigenvalue weighted by Gasteiger charge is 2.55. The predicted octanol–water partition coefficient (Wildman–Crippen LogP) is 4.16. The number of halogens is 1. The van der Waals surface area contributed by atoms with Gasteiger partial charge in [0.2, 0.25) is 5.78 Å². The van der Waals surface area contributed by atoms with Crippen LogP contribution in [0.3, 0.4) is 0 Å². The SMILES string of the molecule is C[C@@H](OC(=O)C12CC3CC(CC(C3)C1)C2)C(=O)c1ccc(F)cc1. The van der Waals surface area contributed by atoms with Crippen LogP contribution in [0.1, 0.15) is 55.8 Å². The summed E-state index contributed by atoms with van der Waals surface area (Å²) in [6, 6.07) is 5.38. The summed E-state index contributed by atoms with van der Waals surface area (Å²) in [5, 5.41) is 0. The van der Waals surface area contributed by atoms with E-state index in [-0.39, 0.29) is 23.0 Å². The Hall–Kier alpha value is -1.71. The number of ether oxygens (including phenoxy) is 1. The summed E-state index contributed by atoms with van der Waals surface area (Å²) in [6.07, 6.45) is 5.74. The van der Waals surface area contributed by atoms with Crippen molar-refractivity contribution in [3.8, 4) is 0 Å². The largest absolute Gasteiger partial charge is 0.454 e. The smallest absolute Gasteiger partial charge is 0.312 e. The van der Waals surface area contributed by atoms with Crippen molar-refractivity contribution < 1.29 is 18.7 Å². The summed E-state index contributed by atoms with van der Waals surface area (Å²) in [5.41, 5.74) is 0.0220. The standard InChI is InChI=1S/C20H23FO3/c1-12(18(22)16-2-4-17(21)5-3-16)24-19(23)20-9-13-6-14(10-20)8-15(7-13)11-20/h2-5,12-15H,6-11H2,1H3/t12-,13?,14?,15?,20?/m1/s1. The molecule has 24 heavy (non-hydrogen) atoms. The van der Waals surface area contributed by atoms with Crippen LogP contribution in [0.5, 0.6) is 0 Å². The Labute approximate surface area is 141 Å². The molecule has 0 N–H and O–H groups in total. The highest BCUT2D eigenvalue weighted by molar-refractivity contribution is 6.00. The van der Waals surface area contributed by atoms with Gasteiger partial charge in [-0.1, -0.05) is 0 Å². The Morgan fingerprint density at radius 1 is 1.04 bits per heavy atom. The fourth-order valence-corrected chi connectivity index (χ4v) is 5.55. The van der Waals surface area contributed by atoms with Crippen molar-refractivity contribution in [1.82, 2.24) is 0 Å². The van der Waals surface area contributed by atoms with Gasteiger partial charge < -0.3 is 4.74 Å². The first kappa shape index (κ1) is 15.8. The molecule has 1 atom stereocenters. The van der Waals surface area contributed by atoms with Crippen LogP contribution in [0.25, 0.3) is 0 Å². The molecule has 0 aliphatic heterocycles. The molecule has 0 spiro atoms. The van der Waals surface area contributed by atoms with E-state index >= 15 is 0 Å². The number of rotatable bonds is 4. The fourth-order valence-electron chi connectivity index (χ4n) is 5.55. The lowest BCUT2D eigenvalue weighted by molar-refractivity contribution is -0.174. The molecule has 4 heteroatoms. The molecule has 4 saturated carbocycles. The zero-order chi connectivity index (χ0) is 16.9. The Balaban J connectivity index is 1.46. The monoisotopic (exact) mass is 330 g/mol. The maximum atomic E-state index is 13.0. The van der Waals surface area contributed by atoms with Gasteiger partial charge in [0.1, 0.15) is 5.82 Å². The van der Waals surface area contributed by atoms with Crippen molar-refractivity contribution in [2.45, 2.75) is 51.6 Å². The molecule has 128 valence electrons. The van der Waals surface area contributed by atoms with E-state index in [1.54, 1.807) is 6.92 Å². The van der Waals surface area contributed by atoms with Crippen LogP contribution in [0, 0.1) is 29.0 Å². The zero-order valence-electron chi connectivity index (χ0n) is 14.0. The zero-order valence-corrected chi connectivity index (χ0v) is 14.0. The molecule has 0 heterocycles. The van der Waals surface area contributed by atoms with E-state index in [4.69, 9.17) is 4.74 Å². The lowest BCUT2D eigenvalue weighted by atomic mass is 9.49. The van der Waals surface area contributed by atoms with Gasteiger partial charge in [0, 0.05) is 5.56 Å². The molecule has 4 fully saturated rings. The Kier molecular flexibility index (Phi) is 3.74. The minimum Gasteiger partial charge on any atom is -0.454 e. The second-order valence-corrected chi connectivity index (χ2v) is 8.12. The second kappa shape index (κ2) is 5.68. The van der Waals surface area contributed by atoms with Gasteiger partial charge in [0.25, 0.3) is 0 Å². The van der Waals surface area contributed by atoms with Crippen LogP contribution in [0.2, 0.25) is 0 Å². The number of Topliss-reactive ketones (excluding diaryl/α,β-unsaturated/α-hetero) is 1. The molecule has 3 nitrogen and oxygen atoms in total. The van der Waals surface area contributed by atoms with Gasteiger partial charge in [0.05, 0.1) is 5.41 Å². The molecule has 5 rings (SSSR count). The molecular formula is C20H23FO3. The lowest BCUT2D eigenvalue weighted by Gasteiger charge is -2.55.